The Bertz CT molecular complexity index is 451. The van der Waals surface area contributed by atoms with Gasteiger partial charge in [0.2, 0.25) is 0 Å². The first kappa shape index (κ1) is 17.4. The smallest absolute Gasteiger partial charge is 0.0443 e. The number of piperidine rings is 1. The number of aliphatic hydroxyl groups is 1. The van der Waals surface area contributed by atoms with Crippen LogP contribution in [0.4, 0.5) is 0 Å². The molecule has 0 saturated carbocycles. The van der Waals surface area contributed by atoms with Crippen molar-refractivity contribution in [2.45, 2.75) is 38.8 Å². The molecule has 23 heavy (non-hydrogen) atoms. The van der Waals surface area contributed by atoms with Crippen LogP contribution in [0.2, 0.25) is 0 Å². The molecule has 3 heterocycles. The summed E-state index contributed by atoms with van der Waals surface area (Å²) >= 11 is 1.93. The molecule has 2 aliphatic heterocycles. The van der Waals surface area contributed by atoms with Crippen molar-refractivity contribution >= 4 is 11.3 Å². The van der Waals surface area contributed by atoms with Crippen LogP contribution in [0, 0.1) is 0 Å². The molecule has 0 amide bonds. The summed E-state index contributed by atoms with van der Waals surface area (Å²) in [7, 11) is 0. The van der Waals surface area contributed by atoms with Crippen molar-refractivity contribution in [2.24, 2.45) is 0 Å². The minimum atomic E-state index is 0.315. The molecule has 0 atom stereocenters. The number of nitrogens with zero attached hydrogens (tertiary/aromatic N) is 3. The molecule has 0 aliphatic carbocycles. The molecule has 2 aliphatic rings. The Balaban J connectivity index is 1.40. The lowest BCUT2D eigenvalue weighted by Crippen LogP contribution is -2.46. The quantitative estimate of drug-likeness (QED) is 0.826. The maximum Gasteiger partial charge on any atom is 0.0443 e. The Morgan fingerprint density at radius 3 is 2.30 bits per heavy atom. The highest BCUT2D eigenvalue weighted by Gasteiger charge is 2.17. The molecule has 0 aromatic carbocycles. The van der Waals surface area contributed by atoms with Crippen molar-refractivity contribution in [2.75, 3.05) is 52.4 Å². The standard InChI is InChI=1S/C18H31N3OS/c22-12-4-7-19-8-10-21(11-9-19)15-18-13-17(16-23-18)14-20-5-2-1-3-6-20/h13,16,22H,1-12,14-15H2. The Labute approximate surface area is 144 Å². The van der Waals surface area contributed by atoms with Crippen LogP contribution in [-0.2, 0) is 13.1 Å². The molecular formula is C18H31N3OS. The van der Waals surface area contributed by atoms with E-state index >= 15 is 0 Å². The van der Waals surface area contributed by atoms with Crippen molar-refractivity contribution in [3.8, 4) is 0 Å². The number of hydrogen-bond acceptors (Lipinski definition) is 5. The van der Waals surface area contributed by atoms with Gasteiger partial charge in [0.15, 0.2) is 0 Å². The van der Waals surface area contributed by atoms with E-state index in [1.54, 1.807) is 0 Å². The van der Waals surface area contributed by atoms with Crippen LogP contribution in [0.15, 0.2) is 11.4 Å². The highest BCUT2D eigenvalue weighted by molar-refractivity contribution is 7.10. The van der Waals surface area contributed by atoms with Crippen molar-refractivity contribution in [1.82, 2.24) is 14.7 Å². The van der Waals surface area contributed by atoms with Crippen LogP contribution in [0.1, 0.15) is 36.1 Å². The summed E-state index contributed by atoms with van der Waals surface area (Å²) in [5, 5.41) is 11.3. The predicted molar refractivity (Wildman–Crippen MR) is 96.9 cm³/mol. The first-order chi connectivity index (χ1) is 11.3. The summed E-state index contributed by atoms with van der Waals surface area (Å²) < 4.78 is 0. The van der Waals surface area contributed by atoms with Gasteiger partial charge in [0.1, 0.15) is 0 Å². The third kappa shape index (κ3) is 5.54. The molecule has 2 saturated heterocycles. The predicted octanol–water partition coefficient (Wildman–Crippen LogP) is 2.23. The van der Waals surface area contributed by atoms with Gasteiger partial charge in [0.05, 0.1) is 0 Å². The van der Waals surface area contributed by atoms with E-state index in [9.17, 15) is 0 Å². The lowest BCUT2D eigenvalue weighted by molar-refractivity contribution is 0.120. The summed E-state index contributed by atoms with van der Waals surface area (Å²) in [6.45, 7) is 10.8. The van der Waals surface area contributed by atoms with Gasteiger partial charge in [0.25, 0.3) is 0 Å². The molecule has 1 N–H and O–H groups in total. The molecule has 3 rings (SSSR count). The van der Waals surface area contributed by atoms with Gasteiger partial charge in [-0.2, -0.15) is 0 Å². The molecule has 5 heteroatoms. The third-order valence-corrected chi connectivity index (χ3v) is 6.01. The molecule has 1 aromatic rings. The molecule has 4 nitrogen and oxygen atoms in total. The minimum Gasteiger partial charge on any atom is -0.396 e. The number of rotatable bonds is 7. The van der Waals surface area contributed by atoms with Gasteiger partial charge in [0, 0.05) is 57.3 Å². The van der Waals surface area contributed by atoms with E-state index in [0.29, 0.717) is 6.61 Å². The van der Waals surface area contributed by atoms with Crippen LogP contribution >= 0.6 is 11.3 Å². The van der Waals surface area contributed by atoms with E-state index in [1.807, 2.05) is 11.3 Å². The highest BCUT2D eigenvalue weighted by Crippen LogP contribution is 2.20. The van der Waals surface area contributed by atoms with E-state index in [4.69, 9.17) is 5.11 Å². The van der Waals surface area contributed by atoms with Gasteiger partial charge in [-0.05, 0) is 49.4 Å². The number of likely N-dealkylation sites (tertiary alicyclic amines) is 1. The van der Waals surface area contributed by atoms with Crippen molar-refractivity contribution < 1.29 is 5.11 Å². The van der Waals surface area contributed by atoms with Crippen molar-refractivity contribution in [3.05, 3.63) is 21.9 Å². The van der Waals surface area contributed by atoms with E-state index in [-0.39, 0.29) is 0 Å². The molecule has 1 aromatic heterocycles. The van der Waals surface area contributed by atoms with E-state index < -0.39 is 0 Å². The second-order valence-electron chi connectivity index (χ2n) is 6.95. The van der Waals surface area contributed by atoms with Crippen LogP contribution in [0.5, 0.6) is 0 Å². The number of thiophene rings is 1. The summed E-state index contributed by atoms with van der Waals surface area (Å²) in [4.78, 5) is 9.17. The fourth-order valence-electron chi connectivity index (χ4n) is 3.65. The Morgan fingerprint density at radius 2 is 1.57 bits per heavy atom. The summed E-state index contributed by atoms with van der Waals surface area (Å²) in [6, 6.07) is 2.43. The fraction of sp³-hybridized carbons (Fsp3) is 0.778. The van der Waals surface area contributed by atoms with E-state index in [0.717, 1.165) is 52.2 Å². The molecule has 0 radical (unpaired) electrons. The SMILES string of the molecule is OCCCN1CCN(Cc2cc(CN3CCCCC3)cs2)CC1. The fourth-order valence-corrected chi connectivity index (χ4v) is 4.58. The molecule has 0 unspecified atom stereocenters. The summed E-state index contributed by atoms with van der Waals surface area (Å²) in [5.74, 6) is 0. The molecular weight excluding hydrogens is 306 g/mol. The van der Waals surface area contributed by atoms with Crippen molar-refractivity contribution in [1.29, 1.82) is 0 Å². The third-order valence-electron chi connectivity index (χ3n) is 5.04. The summed E-state index contributed by atoms with van der Waals surface area (Å²) in [5.41, 5.74) is 1.51. The summed E-state index contributed by atoms with van der Waals surface area (Å²) in [6.07, 6.45) is 5.07. The second kappa shape index (κ2) is 9.14. The monoisotopic (exact) mass is 337 g/mol. The average Bonchev–Trinajstić information content (AvgIpc) is 3.02. The van der Waals surface area contributed by atoms with Gasteiger partial charge in [-0.3, -0.25) is 9.80 Å². The zero-order chi connectivity index (χ0) is 15.9. The lowest BCUT2D eigenvalue weighted by Gasteiger charge is -2.34. The zero-order valence-electron chi connectivity index (χ0n) is 14.3. The average molecular weight is 338 g/mol. The minimum absolute atomic E-state index is 0.315. The van der Waals surface area contributed by atoms with Gasteiger partial charge in [-0.25, -0.2) is 0 Å². The van der Waals surface area contributed by atoms with E-state index in [2.05, 4.69) is 26.1 Å². The van der Waals surface area contributed by atoms with Crippen LogP contribution in [0.25, 0.3) is 0 Å². The molecule has 0 spiro atoms. The first-order valence-electron chi connectivity index (χ1n) is 9.18. The maximum atomic E-state index is 8.92. The largest absolute Gasteiger partial charge is 0.396 e. The number of hydrogen-bond donors (Lipinski definition) is 1. The van der Waals surface area contributed by atoms with Crippen LogP contribution in [0.3, 0.4) is 0 Å². The molecule has 0 bridgehead atoms. The normalized spacial score (nSPS) is 21.8. The number of aliphatic hydroxyl groups excluding tert-OH is 1. The van der Waals surface area contributed by atoms with Gasteiger partial charge in [-0.1, -0.05) is 6.42 Å². The zero-order valence-corrected chi connectivity index (χ0v) is 15.1. The van der Waals surface area contributed by atoms with Crippen LogP contribution < -0.4 is 0 Å². The van der Waals surface area contributed by atoms with Gasteiger partial charge >= 0.3 is 0 Å². The topological polar surface area (TPSA) is 30.0 Å². The Morgan fingerprint density at radius 1 is 0.870 bits per heavy atom. The first-order valence-corrected chi connectivity index (χ1v) is 10.1. The molecule has 2 fully saturated rings. The Hall–Kier alpha value is -0.460. The van der Waals surface area contributed by atoms with Crippen LogP contribution in [-0.4, -0.2) is 72.2 Å². The van der Waals surface area contributed by atoms with Crippen molar-refractivity contribution in [3.63, 3.8) is 0 Å². The van der Waals surface area contributed by atoms with Gasteiger partial charge in [-0.15, -0.1) is 11.3 Å². The van der Waals surface area contributed by atoms with E-state index in [1.165, 1.54) is 42.8 Å². The highest BCUT2D eigenvalue weighted by atomic mass is 32.1. The van der Waals surface area contributed by atoms with Gasteiger partial charge < -0.3 is 10.0 Å². The lowest BCUT2D eigenvalue weighted by atomic mass is 10.1. The molecule has 130 valence electrons. The Kier molecular flexibility index (Phi) is 6.90. The maximum absolute atomic E-state index is 8.92. The second-order valence-corrected chi connectivity index (χ2v) is 7.95. The number of piperazine rings is 1.